The van der Waals surface area contributed by atoms with Crippen LogP contribution >= 0.6 is 0 Å². The Balaban J connectivity index is 2.14. The lowest BCUT2D eigenvalue weighted by atomic mass is 10.1. The van der Waals surface area contributed by atoms with Gasteiger partial charge in [0.1, 0.15) is 5.82 Å². The first-order valence-electron chi connectivity index (χ1n) is 7.11. The van der Waals surface area contributed by atoms with E-state index in [0.29, 0.717) is 37.8 Å². The van der Waals surface area contributed by atoms with Crippen molar-refractivity contribution < 1.29 is 14.2 Å². The lowest BCUT2D eigenvalue weighted by Gasteiger charge is -2.26. The summed E-state index contributed by atoms with van der Waals surface area (Å²) in [6, 6.07) is 5.63. The summed E-state index contributed by atoms with van der Waals surface area (Å²) in [4.78, 5) is 1.97. The monoisotopic (exact) mass is 282 g/mol. The normalized spacial score (nSPS) is 14.6. The first-order chi connectivity index (χ1) is 9.76. The lowest BCUT2D eigenvalue weighted by Crippen LogP contribution is -2.32. The fraction of sp³-hybridized carbons (Fsp3) is 0.600. The summed E-state index contributed by atoms with van der Waals surface area (Å²) in [5.41, 5.74) is 1.51. The summed E-state index contributed by atoms with van der Waals surface area (Å²) in [7, 11) is 1.64. The second-order valence-corrected chi connectivity index (χ2v) is 5.10. The van der Waals surface area contributed by atoms with E-state index in [9.17, 15) is 9.50 Å². The summed E-state index contributed by atoms with van der Waals surface area (Å²) in [6.07, 6.45) is 2.35. The zero-order valence-electron chi connectivity index (χ0n) is 11.9. The number of hydrogen-bond donors (Lipinski definition) is 2. The van der Waals surface area contributed by atoms with Gasteiger partial charge in [-0.3, -0.25) is 0 Å². The molecule has 112 valence electrons. The highest BCUT2D eigenvalue weighted by atomic mass is 19.1. The Morgan fingerprint density at radius 1 is 1.40 bits per heavy atom. The van der Waals surface area contributed by atoms with Crippen LogP contribution in [0.1, 0.15) is 18.4 Å². The molecule has 0 radical (unpaired) electrons. The van der Waals surface area contributed by atoms with E-state index >= 15 is 0 Å². The predicted octanol–water partition coefficient (Wildman–Crippen LogP) is 1.52. The molecule has 1 fully saturated rings. The number of anilines is 1. The highest BCUT2D eigenvalue weighted by Gasteiger charge is 2.22. The van der Waals surface area contributed by atoms with Crippen molar-refractivity contribution in [2.45, 2.75) is 25.4 Å². The van der Waals surface area contributed by atoms with Crippen molar-refractivity contribution in [2.24, 2.45) is 0 Å². The Kier molecular flexibility index (Phi) is 5.76. The number of hydrogen-bond acceptors (Lipinski definition) is 4. The molecule has 2 rings (SSSR count). The average Bonchev–Trinajstić information content (AvgIpc) is 3.26. The van der Waals surface area contributed by atoms with Crippen molar-refractivity contribution in [2.75, 3.05) is 38.3 Å². The van der Waals surface area contributed by atoms with Gasteiger partial charge in [0, 0.05) is 44.0 Å². The van der Waals surface area contributed by atoms with Gasteiger partial charge in [-0.1, -0.05) is 6.07 Å². The van der Waals surface area contributed by atoms with Gasteiger partial charge in [0.25, 0.3) is 0 Å². The van der Waals surface area contributed by atoms with Crippen LogP contribution in [0.3, 0.4) is 0 Å². The van der Waals surface area contributed by atoms with Crippen LogP contribution in [0.5, 0.6) is 0 Å². The van der Waals surface area contributed by atoms with Crippen LogP contribution in [0.4, 0.5) is 10.1 Å². The minimum atomic E-state index is -0.198. The number of benzene rings is 1. The molecule has 1 saturated carbocycles. The van der Waals surface area contributed by atoms with Crippen LogP contribution in [0.15, 0.2) is 18.2 Å². The highest BCUT2D eigenvalue weighted by Crippen LogP contribution is 2.25. The predicted molar refractivity (Wildman–Crippen MR) is 77.4 cm³/mol. The molecule has 2 N–H and O–H groups in total. The second-order valence-electron chi connectivity index (χ2n) is 5.10. The molecule has 0 bridgehead atoms. The van der Waals surface area contributed by atoms with Crippen LogP contribution < -0.4 is 10.2 Å². The Hall–Kier alpha value is -1.17. The van der Waals surface area contributed by atoms with Crippen molar-refractivity contribution in [1.29, 1.82) is 0 Å². The molecule has 0 atom stereocenters. The summed E-state index contributed by atoms with van der Waals surface area (Å²) < 4.78 is 19.2. The SMILES string of the molecule is COCCN(CCO)c1cccc(F)c1CNC1CC1. The maximum absolute atomic E-state index is 14.1. The number of methoxy groups -OCH3 is 1. The molecule has 0 heterocycles. The van der Waals surface area contributed by atoms with Crippen LogP contribution in [0.25, 0.3) is 0 Å². The van der Waals surface area contributed by atoms with Gasteiger partial charge in [-0.15, -0.1) is 0 Å². The molecule has 1 aliphatic rings. The summed E-state index contributed by atoms with van der Waals surface area (Å²) in [5, 5.41) is 12.5. The van der Waals surface area contributed by atoms with Crippen molar-refractivity contribution in [3.63, 3.8) is 0 Å². The third-order valence-electron chi connectivity index (χ3n) is 3.51. The van der Waals surface area contributed by atoms with E-state index in [0.717, 1.165) is 5.69 Å². The molecule has 5 heteroatoms. The highest BCUT2D eigenvalue weighted by molar-refractivity contribution is 5.54. The van der Waals surface area contributed by atoms with E-state index in [4.69, 9.17) is 4.74 Å². The quantitative estimate of drug-likeness (QED) is 0.721. The molecule has 0 spiro atoms. The first kappa shape index (κ1) is 15.2. The molecule has 0 amide bonds. The maximum Gasteiger partial charge on any atom is 0.129 e. The fourth-order valence-corrected chi connectivity index (χ4v) is 2.23. The van der Waals surface area contributed by atoms with Gasteiger partial charge >= 0.3 is 0 Å². The van der Waals surface area contributed by atoms with Gasteiger partial charge in [0.2, 0.25) is 0 Å². The Morgan fingerprint density at radius 3 is 2.85 bits per heavy atom. The molecular formula is C15H23FN2O2. The molecule has 0 aromatic heterocycles. The van der Waals surface area contributed by atoms with Crippen LogP contribution in [-0.4, -0.2) is 44.6 Å². The topological polar surface area (TPSA) is 44.7 Å². The molecule has 20 heavy (non-hydrogen) atoms. The van der Waals surface area contributed by atoms with E-state index in [1.807, 2.05) is 11.0 Å². The lowest BCUT2D eigenvalue weighted by molar-refractivity contribution is 0.203. The first-order valence-corrected chi connectivity index (χ1v) is 7.11. The number of aliphatic hydroxyl groups excluding tert-OH is 1. The van der Waals surface area contributed by atoms with Crippen molar-refractivity contribution in [1.82, 2.24) is 5.32 Å². The van der Waals surface area contributed by atoms with Crippen LogP contribution in [0, 0.1) is 5.82 Å². The number of nitrogens with one attached hydrogen (secondary N) is 1. The maximum atomic E-state index is 14.1. The van der Waals surface area contributed by atoms with E-state index < -0.39 is 0 Å². The number of aliphatic hydroxyl groups is 1. The number of nitrogens with zero attached hydrogens (tertiary/aromatic N) is 1. The van der Waals surface area contributed by atoms with Gasteiger partial charge in [-0.2, -0.15) is 0 Å². The Bertz CT molecular complexity index is 424. The smallest absolute Gasteiger partial charge is 0.129 e. The Morgan fingerprint density at radius 2 is 2.20 bits per heavy atom. The van der Waals surface area contributed by atoms with Gasteiger partial charge in [-0.25, -0.2) is 4.39 Å². The zero-order valence-corrected chi connectivity index (χ0v) is 11.9. The molecule has 1 aromatic carbocycles. The van der Waals surface area contributed by atoms with E-state index in [1.165, 1.54) is 18.9 Å². The van der Waals surface area contributed by atoms with Gasteiger partial charge in [-0.05, 0) is 25.0 Å². The minimum Gasteiger partial charge on any atom is -0.395 e. The average molecular weight is 282 g/mol. The van der Waals surface area contributed by atoms with Crippen molar-refractivity contribution in [3.8, 4) is 0 Å². The fourth-order valence-electron chi connectivity index (χ4n) is 2.23. The van der Waals surface area contributed by atoms with E-state index in [1.54, 1.807) is 13.2 Å². The Labute approximate surface area is 119 Å². The summed E-state index contributed by atoms with van der Waals surface area (Å²) in [6.45, 7) is 2.23. The van der Waals surface area contributed by atoms with Crippen LogP contribution in [0.2, 0.25) is 0 Å². The van der Waals surface area contributed by atoms with E-state index in [2.05, 4.69) is 5.32 Å². The minimum absolute atomic E-state index is 0.0374. The van der Waals surface area contributed by atoms with Gasteiger partial charge < -0.3 is 20.1 Å². The van der Waals surface area contributed by atoms with Crippen molar-refractivity contribution in [3.05, 3.63) is 29.6 Å². The third-order valence-corrected chi connectivity index (χ3v) is 3.51. The zero-order chi connectivity index (χ0) is 14.4. The molecule has 1 aliphatic carbocycles. The van der Waals surface area contributed by atoms with Gasteiger partial charge in [0.15, 0.2) is 0 Å². The molecule has 0 unspecified atom stereocenters. The molecular weight excluding hydrogens is 259 g/mol. The molecule has 0 aliphatic heterocycles. The molecule has 0 saturated heterocycles. The van der Waals surface area contributed by atoms with E-state index in [-0.39, 0.29) is 12.4 Å². The second kappa shape index (κ2) is 7.57. The number of halogens is 1. The van der Waals surface area contributed by atoms with Crippen LogP contribution in [-0.2, 0) is 11.3 Å². The van der Waals surface area contributed by atoms with Gasteiger partial charge in [0.05, 0.1) is 13.2 Å². The number of rotatable bonds is 9. The molecule has 1 aromatic rings. The number of ether oxygens (including phenoxy) is 1. The molecule has 4 nitrogen and oxygen atoms in total. The summed E-state index contributed by atoms with van der Waals surface area (Å²) in [5.74, 6) is -0.198. The standard InChI is InChI=1S/C15H23FN2O2/c1-20-10-8-18(7-9-19)15-4-2-3-14(16)13(15)11-17-12-5-6-12/h2-4,12,17,19H,5-11H2,1H3. The largest absolute Gasteiger partial charge is 0.395 e. The van der Waals surface area contributed by atoms with Crippen molar-refractivity contribution >= 4 is 5.69 Å². The summed E-state index contributed by atoms with van der Waals surface area (Å²) >= 11 is 0. The third kappa shape index (κ3) is 4.16.